The Hall–Kier alpha value is -3.90. The summed E-state index contributed by atoms with van der Waals surface area (Å²) >= 11 is 0. The standard InChI is InChI=1S/C36H37N3O3/c40-35(41)31-10-9-25(19-33(31)42-28-18-26-13-16-37-34(26)38-22-28)23-11-14-36(15-12-23)20-27(21-36)39-17-3-6-32(39)30-5-2-1-4-29(30)24-7-8-24/h1-2,4-5,9-11,13,16,18-19,22,24,27,32H,3,6-8,12,14-15,17,20-21H2,(H,37,38)(H,40,41)/t27?,32-,36?/m0/s1. The normalized spacial score (nSPS) is 25.9. The Bertz CT molecular complexity index is 1690. The number of fused-ring (bicyclic) bond motifs is 1. The number of aromatic amines is 1. The highest BCUT2D eigenvalue weighted by atomic mass is 16.5. The molecule has 1 spiro atoms. The van der Waals surface area contributed by atoms with Crippen LogP contribution in [0.4, 0.5) is 0 Å². The van der Waals surface area contributed by atoms with Crippen LogP contribution < -0.4 is 4.74 Å². The van der Waals surface area contributed by atoms with Crippen molar-refractivity contribution >= 4 is 22.6 Å². The van der Waals surface area contributed by atoms with Crippen molar-refractivity contribution in [2.75, 3.05) is 6.54 Å². The Balaban J connectivity index is 0.970. The topological polar surface area (TPSA) is 78.4 Å². The molecule has 1 aliphatic heterocycles. The number of hydrogen-bond acceptors (Lipinski definition) is 4. The van der Waals surface area contributed by atoms with Gasteiger partial charge in [0.15, 0.2) is 0 Å². The zero-order valence-corrected chi connectivity index (χ0v) is 23.9. The third kappa shape index (κ3) is 4.62. The maximum absolute atomic E-state index is 12.0. The van der Waals surface area contributed by atoms with Gasteiger partial charge in [-0.05, 0) is 122 Å². The van der Waals surface area contributed by atoms with Crippen molar-refractivity contribution in [1.82, 2.24) is 14.9 Å². The highest BCUT2D eigenvalue weighted by molar-refractivity contribution is 5.92. The number of nitrogens with zero attached hydrogens (tertiary/aromatic N) is 2. The second kappa shape index (κ2) is 10.1. The Morgan fingerprint density at radius 3 is 2.69 bits per heavy atom. The van der Waals surface area contributed by atoms with E-state index in [-0.39, 0.29) is 5.56 Å². The first-order chi connectivity index (χ1) is 20.6. The highest BCUT2D eigenvalue weighted by Crippen LogP contribution is 2.56. The summed E-state index contributed by atoms with van der Waals surface area (Å²) in [5, 5.41) is 10.7. The Labute approximate surface area is 246 Å². The average Bonchev–Trinajstić information content (AvgIpc) is 3.54. The van der Waals surface area contributed by atoms with Crippen LogP contribution in [0.2, 0.25) is 0 Å². The van der Waals surface area contributed by atoms with Crippen LogP contribution in [0.25, 0.3) is 16.6 Å². The average molecular weight is 560 g/mol. The van der Waals surface area contributed by atoms with Crippen molar-refractivity contribution in [1.29, 1.82) is 0 Å². The van der Waals surface area contributed by atoms with Crippen LogP contribution in [0, 0.1) is 5.41 Å². The monoisotopic (exact) mass is 559 g/mol. The molecule has 0 unspecified atom stereocenters. The maximum Gasteiger partial charge on any atom is 0.339 e. The van der Waals surface area contributed by atoms with Crippen molar-refractivity contribution in [3.05, 3.63) is 95.3 Å². The first-order valence-electron chi connectivity index (χ1n) is 15.6. The summed E-state index contributed by atoms with van der Waals surface area (Å²) in [5.74, 6) is 0.685. The second-order valence-electron chi connectivity index (χ2n) is 13.0. The van der Waals surface area contributed by atoms with E-state index >= 15 is 0 Å². The van der Waals surface area contributed by atoms with Crippen LogP contribution in [0.5, 0.6) is 11.5 Å². The number of H-pyrrole nitrogens is 1. The molecule has 0 bridgehead atoms. The van der Waals surface area contributed by atoms with Crippen molar-refractivity contribution in [2.45, 2.75) is 75.8 Å². The van der Waals surface area contributed by atoms with E-state index in [0.717, 1.165) is 35.4 Å². The third-order valence-corrected chi connectivity index (χ3v) is 10.4. The summed E-state index contributed by atoms with van der Waals surface area (Å²) in [5.41, 5.74) is 6.91. The molecule has 4 aromatic rings. The zero-order chi connectivity index (χ0) is 28.3. The Morgan fingerprint density at radius 1 is 1.05 bits per heavy atom. The molecule has 1 atom stereocenters. The van der Waals surface area contributed by atoms with Crippen LogP contribution in [-0.4, -0.2) is 38.5 Å². The van der Waals surface area contributed by atoms with E-state index in [4.69, 9.17) is 4.74 Å². The van der Waals surface area contributed by atoms with Crippen LogP contribution >= 0.6 is 0 Å². The lowest BCUT2D eigenvalue weighted by Crippen LogP contribution is -2.51. The molecule has 42 heavy (non-hydrogen) atoms. The lowest BCUT2D eigenvalue weighted by atomic mass is 9.58. The van der Waals surface area contributed by atoms with E-state index in [1.807, 2.05) is 30.5 Å². The lowest BCUT2D eigenvalue weighted by molar-refractivity contribution is -0.0121. The van der Waals surface area contributed by atoms with Gasteiger partial charge in [-0.25, -0.2) is 9.78 Å². The fourth-order valence-corrected chi connectivity index (χ4v) is 7.98. The van der Waals surface area contributed by atoms with Crippen molar-refractivity contribution in [3.8, 4) is 11.5 Å². The molecule has 8 rings (SSSR count). The predicted octanol–water partition coefficient (Wildman–Crippen LogP) is 8.48. The highest BCUT2D eigenvalue weighted by Gasteiger charge is 2.49. The smallest absolute Gasteiger partial charge is 0.339 e. The van der Waals surface area contributed by atoms with Gasteiger partial charge in [-0.2, -0.15) is 0 Å². The fraction of sp³-hybridized carbons (Fsp3) is 0.389. The third-order valence-electron chi connectivity index (χ3n) is 10.4. The molecule has 2 saturated carbocycles. The number of benzene rings is 2. The fourth-order valence-electron chi connectivity index (χ4n) is 7.98. The van der Waals surface area contributed by atoms with Crippen LogP contribution in [0.15, 0.2) is 73.1 Å². The van der Waals surface area contributed by atoms with Gasteiger partial charge >= 0.3 is 5.97 Å². The molecular weight excluding hydrogens is 522 g/mol. The van der Waals surface area contributed by atoms with E-state index in [1.54, 1.807) is 23.4 Å². The van der Waals surface area contributed by atoms with Crippen LogP contribution in [0.1, 0.15) is 96.8 Å². The van der Waals surface area contributed by atoms with Gasteiger partial charge in [0.1, 0.15) is 22.7 Å². The summed E-state index contributed by atoms with van der Waals surface area (Å²) in [6, 6.07) is 19.9. The number of aromatic carboxylic acids is 1. The predicted molar refractivity (Wildman–Crippen MR) is 164 cm³/mol. The number of carbonyl (C=O) groups is 1. The van der Waals surface area contributed by atoms with Crippen molar-refractivity contribution < 1.29 is 14.6 Å². The van der Waals surface area contributed by atoms with Crippen LogP contribution in [-0.2, 0) is 0 Å². The molecule has 2 aromatic carbocycles. The van der Waals surface area contributed by atoms with Gasteiger partial charge in [0.2, 0.25) is 0 Å². The molecular formula is C36H37N3O3. The number of aromatic nitrogens is 2. The quantitative estimate of drug-likeness (QED) is 0.237. The number of carboxylic acid groups (broad SMARTS) is 1. The minimum atomic E-state index is -0.996. The van der Waals surface area contributed by atoms with Crippen molar-refractivity contribution in [3.63, 3.8) is 0 Å². The number of likely N-dealkylation sites (tertiary alicyclic amines) is 1. The molecule has 2 aromatic heterocycles. The van der Waals surface area contributed by atoms with Crippen LogP contribution in [0.3, 0.4) is 0 Å². The van der Waals surface area contributed by atoms with Crippen molar-refractivity contribution in [2.24, 2.45) is 5.41 Å². The van der Waals surface area contributed by atoms with Gasteiger partial charge in [0.05, 0.1) is 6.20 Å². The second-order valence-corrected chi connectivity index (χ2v) is 13.0. The number of ether oxygens (including phenoxy) is 1. The molecule has 6 heteroatoms. The number of nitrogens with one attached hydrogen (secondary N) is 1. The minimum absolute atomic E-state index is 0.158. The summed E-state index contributed by atoms with van der Waals surface area (Å²) < 4.78 is 6.11. The first kappa shape index (κ1) is 25.8. The van der Waals surface area contributed by atoms with Gasteiger partial charge in [0.25, 0.3) is 0 Å². The number of hydrogen-bond donors (Lipinski definition) is 2. The minimum Gasteiger partial charge on any atom is -0.478 e. The molecule has 4 aliphatic rings. The summed E-state index contributed by atoms with van der Waals surface area (Å²) in [6.45, 7) is 1.23. The zero-order valence-electron chi connectivity index (χ0n) is 23.9. The maximum atomic E-state index is 12.0. The molecule has 0 amide bonds. The molecule has 2 N–H and O–H groups in total. The molecule has 0 radical (unpaired) electrons. The van der Waals surface area contributed by atoms with Gasteiger partial charge in [-0.15, -0.1) is 0 Å². The summed E-state index contributed by atoms with van der Waals surface area (Å²) in [6.07, 6.45) is 17.1. The molecule has 3 heterocycles. The molecule has 3 fully saturated rings. The largest absolute Gasteiger partial charge is 0.478 e. The van der Waals surface area contributed by atoms with E-state index in [0.29, 0.717) is 29.0 Å². The number of carboxylic acids is 1. The van der Waals surface area contributed by atoms with Gasteiger partial charge in [-0.3, -0.25) is 4.90 Å². The molecule has 6 nitrogen and oxygen atoms in total. The first-order valence-corrected chi connectivity index (χ1v) is 15.6. The van der Waals surface area contributed by atoms with Gasteiger partial charge in [0, 0.05) is 23.7 Å². The lowest BCUT2D eigenvalue weighted by Gasteiger charge is -2.54. The SMILES string of the molecule is O=C(O)c1ccc(C2=CCC3(CC2)CC(N2CCC[C@H]2c2ccccc2C2CC2)C3)cc1Oc1cnc2[nH]ccc2c1. The Morgan fingerprint density at radius 2 is 1.90 bits per heavy atom. The number of allylic oxidation sites excluding steroid dienone is 2. The van der Waals surface area contributed by atoms with E-state index in [9.17, 15) is 9.90 Å². The van der Waals surface area contributed by atoms with E-state index in [2.05, 4.69) is 45.2 Å². The van der Waals surface area contributed by atoms with Gasteiger partial charge < -0.3 is 14.8 Å². The number of rotatable bonds is 7. The van der Waals surface area contributed by atoms with E-state index in [1.165, 1.54) is 57.1 Å². The Kier molecular flexibility index (Phi) is 6.22. The summed E-state index contributed by atoms with van der Waals surface area (Å²) in [4.78, 5) is 22.3. The molecule has 1 saturated heterocycles. The molecule has 214 valence electrons. The summed E-state index contributed by atoms with van der Waals surface area (Å²) in [7, 11) is 0. The molecule has 3 aliphatic carbocycles. The number of pyridine rings is 1. The van der Waals surface area contributed by atoms with E-state index < -0.39 is 5.97 Å². The van der Waals surface area contributed by atoms with Gasteiger partial charge in [-0.1, -0.05) is 36.4 Å².